The molecule has 4 aromatic rings. The van der Waals surface area contributed by atoms with Crippen LogP contribution >= 0.6 is 42.4 Å². The summed E-state index contributed by atoms with van der Waals surface area (Å²) in [5.41, 5.74) is -0.801. The number of methoxy groups -OCH3 is 2. The first-order valence-electron chi connectivity index (χ1n) is 16.1. The summed E-state index contributed by atoms with van der Waals surface area (Å²) in [6.07, 6.45) is -0.662. The number of amides is 2. The van der Waals surface area contributed by atoms with Gasteiger partial charge in [0.15, 0.2) is 10.2 Å². The van der Waals surface area contributed by atoms with Crippen LogP contribution in [0.25, 0.3) is 5.69 Å². The van der Waals surface area contributed by atoms with E-state index in [9.17, 15) is 32.2 Å². The minimum absolute atomic E-state index is 0.0478. The smallest absolute Gasteiger partial charge is 0.442 e. The van der Waals surface area contributed by atoms with Crippen molar-refractivity contribution in [2.24, 2.45) is 7.05 Å². The summed E-state index contributed by atoms with van der Waals surface area (Å²) in [7, 11) is -4.95. The molecule has 0 saturated heterocycles. The number of nitrogens with one attached hydrogen (secondary N) is 3. The first-order chi connectivity index (χ1) is 27.1. The summed E-state index contributed by atoms with van der Waals surface area (Å²) in [6.45, 7) is 9.03. The first-order valence-corrected chi connectivity index (χ1v) is 20.5. The van der Waals surface area contributed by atoms with Crippen LogP contribution in [-0.4, -0.2) is 109 Å². The van der Waals surface area contributed by atoms with Crippen molar-refractivity contribution in [2.45, 2.75) is 51.2 Å². The van der Waals surface area contributed by atoms with Crippen LogP contribution in [0.1, 0.15) is 50.9 Å². The lowest BCUT2D eigenvalue weighted by Crippen LogP contribution is -2.36. The molecule has 0 aliphatic heterocycles. The number of anilines is 1. The summed E-state index contributed by atoms with van der Waals surface area (Å²) in [4.78, 5) is 69.1. The van der Waals surface area contributed by atoms with Gasteiger partial charge in [-0.1, -0.05) is 55.6 Å². The summed E-state index contributed by atoms with van der Waals surface area (Å²) >= 11 is 17.9. The van der Waals surface area contributed by atoms with E-state index in [4.69, 9.17) is 73.4 Å². The van der Waals surface area contributed by atoms with Gasteiger partial charge in [0.05, 0.1) is 55.0 Å². The number of halogens is 3. The fourth-order valence-electron chi connectivity index (χ4n) is 4.00. The Morgan fingerprint density at radius 2 is 1.56 bits per heavy atom. The number of hydrogen-bond acceptors (Lipinski definition) is 16. The lowest BCUT2D eigenvalue weighted by molar-refractivity contribution is -0.135. The molecule has 3 heterocycles. The van der Waals surface area contributed by atoms with Gasteiger partial charge in [-0.3, -0.25) is 24.7 Å². The Bertz CT molecular complexity index is 2350. The fourth-order valence-corrected chi connectivity index (χ4v) is 6.48. The second-order valence-corrected chi connectivity index (χ2v) is 17.0. The molecule has 0 bridgehead atoms. The van der Waals surface area contributed by atoms with Gasteiger partial charge in [0, 0.05) is 18.5 Å². The Morgan fingerprint density at radius 3 is 2.02 bits per heavy atom. The average Bonchev–Trinajstić information content (AvgIpc) is 3.63. The molecule has 1 aromatic carbocycles. The molecule has 3 aromatic heterocycles. The summed E-state index contributed by atoms with van der Waals surface area (Å²) in [5, 5.41) is 28.3. The highest BCUT2D eigenvalue weighted by Crippen LogP contribution is 2.34. The first kappa shape index (κ1) is 50.1. The van der Waals surface area contributed by atoms with Crippen molar-refractivity contribution in [3.63, 3.8) is 0 Å². The molecule has 0 radical (unpaired) electrons. The Labute approximate surface area is 349 Å². The molecule has 0 aliphatic carbocycles. The van der Waals surface area contributed by atoms with Crippen molar-refractivity contribution in [3.05, 3.63) is 55.4 Å². The number of aromatic nitrogens is 6. The van der Waals surface area contributed by atoms with Crippen LogP contribution in [0.15, 0.2) is 32.4 Å². The standard InChI is InChI=1S/C15H18Cl2N2O3.C12H13ClN6O7S.C3H8NO5P/c1-8(2)21-12-7-11(9(16)6-10(12)17)19-14(20)22-13(18-19)15(3,4)5;1-19-9(7(10(20)21)8(13)17-19)27(23,24)18-12(22)16-11-14-5(25-2)4-6(15-11)26-3;5-3(6)1-4-2-10(7,8)9/h6-8H,1-5H3;4H,1-3H3,(H,20,21)(H2,14,15,16,18,22);4H,1-2H2,(H,5,6)(H2,7,8,9). The lowest BCUT2D eigenvalue weighted by atomic mass is 9.97. The third-order valence-electron chi connectivity index (χ3n) is 6.35. The number of ether oxygens (including phenoxy) is 3. The van der Waals surface area contributed by atoms with E-state index in [1.165, 1.54) is 26.4 Å². The summed E-state index contributed by atoms with van der Waals surface area (Å²) in [6, 6.07) is 3.17. The van der Waals surface area contributed by atoms with Crippen molar-refractivity contribution >= 4 is 76.3 Å². The average molecular weight is 935 g/mol. The van der Waals surface area contributed by atoms with Gasteiger partial charge in [0.2, 0.25) is 23.6 Å². The minimum Gasteiger partial charge on any atom is -0.489 e. The number of aliphatic carboxylic acids is 1. The van der Waals surface area contributed by atoms with Gasteiger partial charge in [-0.15, -0.1) is 5.10 Å². The van der Waals surface area contributed by atoms with Gasteiger partial charge in [-0.25, -0.2) is 19.1 Å². The number of aryl methyl sites for hydroxylation is 1. The number of sulfonamides is 1. The maximum Gasteiger partial charge on any atom is 0.442 e. The topological polar surface area (TPSA) is 339 Å². The van der Waals surface area contributed by atoms with Gasteiger partial charge < -0.3 is 38.6 Å². The molecule has 0 unspecified atom stereocenters. The number of carboxylic acids is 2. The van der Waals surface area contributed by atoms with Crippen LogP contribution in [0.2, 0.25) is 15.2 Å². The second-order valence-electron chi connectivity index (χ2n) is 12.6. The van der Waals surface area contributed by atoms with E-state index >= 15 is 0 Å². The second kappa shape index (κ2) is 20.8. The predicted octanol–water partition coefficient (Wildman–Crippen LogP) is 3.10. The number of hydrogen-bond donors (Lipinski definition) is 7. The van der Waals surface area contributed by atoms with Crippen LogP contribution in [0.5, 0.6) is 17.5 Å². The maximum absolute atomic E-state index is 12.4. The molecule has 0 saturated carbocycles. The number of nitrogens with zero attached hydrogens (tertiary/aromatic N) is 6. The number of carbonyl (C=O) groups is 3. The van der Waals surface area contributed by atoms with Crippen molar-refractivity contribution in [1.29, 1.82) is 0 Å². The van der Waals surface area contributed by atoms with Crippen LogP contribution < -0.4 is 35.3 Å². The van der Waals surface area contributed by atoms with Gasteiger partial charge >= 0.3 is 31.3 Å². The molecular weight excluding hydrogens is 896 g/mol. The van der Waals surface area contributed by atoms with Crippen molar-refractivity contribution < 1.29 is 66.0 Å². The van der Waals surface area contributed by atoms with E-state index in [-0.39, 0.29) is 34.2 Å². The third-order valence-corrected chi connectivity index (χ3v) is 9.28. The molecule has 29 heteroatoms. The van der Waals surface area contributed by atoms with Crippen LogP contribution in [0, 0.1) is 0 Å². The Hall–Kier alpha value is -5.01. The molecule has 2 amide bonds. The molecular formula is C30H39Cl3N9O15PS. The van der Waals surface area contributed by atoms with Crippen molar-refractivity contribution in [3.8, 4) is 23.2 Å². The summed E-state index contributed by atoms with van der Waals surface area (Å²) < 4.78 is 58.9. The van der Waals surface area contributed by atoms with Gasteiger partial charge in [-0.05, 0) is 19.9 Å². The quantitative estimate of drug-likeness (QED) is 0.0947. The monoisotopic (exact) mass is 933 g/mol. The number of carbonyl (C=O) groups excluding carboxylic acids is 1. The highest BCUT2D eigenvalue weighted by molar-refractivity contribution is 7.90. The minimum atomic E-state index is -4.64. The zero-order valence-corrected chi connectivity index (χ0v) is 36.2. The van der Waals surface area contributed by atoms with E-state index < -0.39 is 69.9 Å². The zero-order valence-electron chi connectivity index (χ0n) is 32.2. The van der Waals surface area contributed by atoms with Crippen LogP contribution in [0.4, 0.5) is 10.7 Å². The van der Waals surface area contributed by atoms with E-state index in [2.05, 4.69) is 30.8 Å². The number of rotatable bonds is 13. The highest BCUT2D eigenvalue weighted by atomic mass is 35.5. The Kier molecular flexibility index (Phi) is 17.7. The largest absolute Gasteiger partial charge is 0.489 e. The molecule has 7 N–H and O–H groups in total. The van der Waals surface area contributed by atoms with E-state index in [1.807, 2.05) is 34.6 Å². The third kappa shape index (κ3) is 15.3. The molecule has 59 heavy (non-hydrogen) atoms. The number of urea groups is 1. The molecule has 0 aliphatic rings. The number of aromatic carboxylic acids is 1. The van der Waals surface area contributed by atoms with Gasteiger partial charge in [-0.2, -0.15) is 28.2 Å². The van der Waals surface area contributed by atoms with Crippen LogP contribution in [-0.2, 0) is 31.8 Å². The normalized spacial score (nSPS) is 11.4. The van der Waals surface area contributed by atoms with Crippen molar-refractivity contribution in [1.82, 2.24) is 39.6 Å². The molecule has 0 fully saturated rings. The molecule has 0 atom stereocenters. The molecule has 24 nitrogen and oxygen atoms in total. The summed E-state index contributed by atoms with van der Waals surface area (Å²) in [5.74, 6) is -2.84. The molecule has 4 rings (SSSR count). The van der Waals surface area contributed by atoms with E-state index in [1.54, 1.807) is 10.8 Å². The maximum atomic E-state index is 12.4. The highest BCUT2D eigenvalue weighted by Gasteiger charge is 2.32. The molecule has 326 valence electrons. The number of carboxylic acid groups (broad SMARTS) is 2. The zero-order chi connectivity index (χ0) is 45.2. The fraction of sp³-hybridized carbons (Fsp3) is 0.400. The van der Waals surface area contributed by atoms with Crippen molar-refractivity contribution in [2.75, 3.05) is 32.4 Å². The van der Waals surface area contributed by atoms with Crippen LogP contribution in [0.3, 0.4) is 0 Å². The SMILES string of the molecule is CC(C)Oc1cc(-n2nc(C(C)(C)C)oc2=O)c(Cl)cc1Cl.COc1cc(OC)nc(NC(=O)NS(=O)(=O)c2c(C(=O)O)c(Cl)nn2C)n1.O=C(O)CNCP(=O)(O)O. The van der Waals surface area contributed by atoms with E-state index in [0.29, 0.717) is 27.0 Å². The molecule has 0 spiro atoms. The van der Waals surface area contributed by atoms with Gasteiger partial charge in [0.25, 0.3) is 10.0 Å². The number of benzene rings is 1. The van der Waals surface area contributed by atoms with E-state index in [0.717, 1.165) is 11.7 Å². The predicted molar refractivity (Wildman–Crippen MR) is 209 cm³/mol. The van der Waals surface area contributed by atoms with Gasteiger partial charge in [0.1, 0.15) is 11.3 Å². The Morgan fingerprint density at radius 1 is 0.983 bits per heavy atom. The Balaban J connectivity index is 0.000000336. The lowest BCUT2D eigenvalue weighted by Gasteiger charge is -2.13.